The van der Waals surface area contributed by atoms with Crippen LogP contribution in [0.25, 0.3) is 0 Å². The summed E-state index contributed by atoms with van der Waals surface area (Å²) in [7, 11) is 3.35. The molecule has 104 valence electrons. The summed E-state index contributed by atoms with van der Waals surface area (Å²) in [4.78, 5) is 21.9. The molecule has 1 fully saturated rings. The number of anilines is 1. The lowest BCUT2D eigenvalue weighted by molar-refractivity contribution is 0.0593. The monoisotopic (exact) mass is 263 g/mol. The Kier molecular flexibility index (Phi) is 4.71. The lowest BCUT2D eigenvalue weighted by Crippen LogP contribution is -2.28. The third kappa shape index (κ3) is 3.66. The smallest absolute Gasteiger partial charge is 0.358 e. The van der Waals surface area contributed by atoms with Gasteiger partial charge in [0.25, 0.3) is 0 Å². The Bertz CT molecular complexity index is 430. The average molecular weight is 263 g/mol. The van der Waals surface area contributed by atoms with Gasteiger partial charge in [-0.15, -0.1) is 0 Å². The van der Waals surface area contributed by atoms with E-state index in [1.807, 2.05) is 7.05 Å². The molecular weight excluding hydrogens is 242 g/mol. The second-order valence-corrected chi connectivity index (χ2v) is 5.14. The molecule has 0 aromatic carbocycles. The highest BCUT2D eigenvalue weighted by molar-refractivity contribution is 5.87. The van der Waals surface area contributed by atoms with Crippen molar-refractivity contribution in [1.29, 1.82) is 0 Å². The van der Waals surface area contributed by atoms with E-state index in [1.165, 1.54) is 45.4 Å². The molecular formula is C14H21N3O2. The van der Waals surface area contributed by atoms with Crippen LogP contribution in [0.3, 0.4) is 0 Å². The maximum Gasteiger partial charge on any atom is 0.358 e. The van der Waals surface area contributed by atoms with Gasteiger partial charge in [-0.05, 0) is 18.8 Å². The molecule has 5 heteroatoms. The van der Waals surface area contributed by atoms with Gasteiger partial charge in [0.05, 0.1) is 19.5 Å². The molecule has 1 heterocycles. The maximum atomic E-state index is 11.4. The summed E-state index contributed by atoms with van der Waals surface area (Å²) in [6.45, 7) is 0.972. The van der Waals surface area contributed by atoms with E-state index >= 15 is 0 Å². The van der Waals surface area contributed by atoms with E-state index in [4.69, 9.17) is 0 Å². The first kappa shape index (κ1) is 13.8. The molecule has 2 rings (SSSR count). The summed E-state index contributed by atoms with van der Waals surface area (Å²) in [6.07, 6.45) is 9.71. The highest BCUT2D eigenvalue weighted by atomic mass is 16.5. The molecule has 1 aliphatic carbocycles. The molecule has 0 aliphatic heterocycles. The normalized spacial score (nSPS) is 16.1. The molecule has 0 bridgehead atoms. The number of hydrogen-bond acceptors (Lipinski definition) is 5. The molecule has 1 saturated carbocycles. The Balaban J connectivity index is 2.01. The van der Waals surface area contributed by atoms with Crippen molar-refractivity contribution >= 4 is 11.8 Å². The number of ether oxygens (including phenoxy) is 1. The minimum absolute atomic E-state index is 0.260. The van der Waals surface area contributed by atoms with Gasteiger partial charge in [0.15, 0.2) is 5.69 Å². The van der Waals surface area contributed by atoms with Crippen LogP contribution in [0.1, 0.15) is 42.6 Å². The second-order valence-electron chi connectivity index (χ2n) is 5.14. The van der Waals surface area contributed by atoms with Crippen LogP contribution < -0.4 is 4.90 Å². The van der Waals surface area contributed by atoms with Gasteiger partial charge in [0.2, 0.25) is 0 Å². The van der Waals surface area contributed by atoms with Gasteiger partial charge >= 0.3 is 5.97 Å². The molecule has 0 radical (unpaired) electrons. The zero-order valence-electron chi connectivity index (χ0n) is 11.6. The summed E-state index contributed by atoms with van der Waals surface area (Å²) in [5, 5.41) is 0. The first-order valence-corrected chi connectivity index (χ1v) is 6.82. The Hall–Kier alpha value is -1.65. The third-order valence-corrected chi connectivity index (χ3v) is 3.66. The van der Waals surface area contributed by atoms with E-state index in [0.717, 1.165) is 18.3 Å². The van der Waals surface area contributed by atoms with Crippen LogP contribution in [0.4, 0.5) is 5.82 Å². The summed E-state index contributed by atoms with van der Waals surface area (Å²) < 4.78 is 4.66. The van der Waals surface area contributed by atoms with Crippen LogP contribution in [0.5, 0.6) is 0 Å². The fourth-order valence-electron chi connectivity index (χ4n) is 2.59. The van der Waals surface area contributed by atoms with Gasteiger partial charge in [0, 0.05) is 13.6 Å². The van der Waals surface area contributed by atoms with Gasteiger partial charge in [-0.3, -0.25) is 4.98 Å². The van der Waals surface area contributed by atoms with Crippen LogP contribution in [0.15, 0.2) is 12.4 Å². The second kappa shape index (κ2) is 6.50. The zero-order chi connectivity index (χ0) is 13.7. The van der Waals surface area contributed by atoms with E-state index in [-0.39, 0.29) is 5.69 Å². The van der Waals surface area contributed by atoms with Gasteiger partial charge in [-0.25, -0.2) is 9.78 Å². The Morgan fingerprint density at radius 3 is 2.79 bits per heavy atom. The van der Waals surface area contributed by atoms with Crippen molar-refractivity contribution in [2.24, 2.45) is 5.92 Å². The van der Waals surface area contributed by atoms with E-state index in [9.17, 15) is 4.79 Å². The summed E-state index contributed by atoms with van der Waals surface area (Å²) >= 11 is 0. The molecule has 1 aliphatic rings. The lowest BCUT2D eigenvalue weighted by Gasteiger charge is -2.27. The first-order chi connectivity index (χ1) is 9.20. The van der Waals surface area contributed by atoms with Crippen LogP contribution in [0.2, 0.25) is 0 Å². The first-order valence-electron chi connectivity index (χ1n) is 6.82. The van der Waals surface area contributed by atoms with Gasteiger partial charge in [-0.2, -0.15) is 0 Å². The fourth-order valence-corrected chi connectivity index (χ4v) is 2.59. The largest absolute Gasteiger partial charge is 0.464 e. The lowest BCUT2D eigenvalue weighted by atomic mass is 9.89. The predicted molar refractivity (Wildman–Crippen MR) is 73.2 cm³/mol. The van der Waals surface area contributed by atoms with Crippen molar-refractivity contribution in [1.82, 2.24) is 9.97 Å². The minimum Gasteiger partial charge on any atom is -0.464 e. The third-order valence-electron chi connectivity index (χ3n) is 3.66. The summed E-state index contributed by atoms with van der Waals surface area (Å²) in [6, 6.07) is 0. The Morgan fingerprint density at radius 1 is 1.37 bits per heavy atom. The fraction of sp³-hybridized carbons (Fsp3) is 0.643. The SMILES string of the molecule is COC(=O)c1cncc(N(C)CC2CCCCC2)n1. The maximum absolute atomic E-state index is 11.4. The van der Waals surface area contributed by atoms with Crippen LogP contribution >= 0.6 is 0 Å². The van der Waals surface area contributed by atoms with Crippen LogP contribution in [-0.2, 0) is 4.74 Å². The quantitative estimate of drug-likeness (QED) is 0.780. The van der Waals surface area contributed by atoms with Crippen molar-refractivity contribution in [3.05, 3.63) is 18.1 Å². The molecule has 0 amide bonds. The number of rotatable bonds is 4. The van der Waals surface area contributed by atoms with Crippen molar-refractivity contribution in [3.8, 4) is 0 Å². The summed E-state index contributed by atoms with van der Waals surface area (Å²) in [5.74, 6) is 1.01. The highest BCUT2D eigenvalue weighted by Crippen LogP contribution is 2.25. The molecule has 1 aromatic rings. The van der Waals surface area contributed by atoms with E-state index in [1.54, 1.807) is 6.20 Å². The number of esters is 1. The van der Waals surface area contributed by atoms with Crippen molar-refractivity contribution in [2.75, 3.05) is 25.6 Å². The topological polar surface area (TPSA) is 55.3 Å². The molecule has 19 heavy (non-hydrogen) atoms. The predicted octanol–water partition coefficient (Wildman–Crippen LogP) is 2.28. The van der Waals surface area contributed by atoms with Crippen LogP contribution in [0, 0.1) is 5.92 Å². The average Bonchev–Trinajstić information content (AvgIpc) is 2.47. The van der Waals surface area contributed by atoms with Gasteiger partial charge < -0.3 is 9.64 Å². The molecule has 5 nitrogen and oxygen atoms in total. The van der Waals surface area contributed by atoms with Gasteiger partial charge in [-0.1, -0.05) is 19.3 Å². The number of carbonyl (C=O) groups is 1. The summed E-state index contributed by atoms with van der Waals surface area (Å²) in [5.41, 5.74) is 0.260. The highest BCUT2D eigenvalue weighted by Gasteiger charge is 2.17. The van der Waals surface area contributed by atoms with Gasteiger partial charge in [0.1, 0.15) is 5.82 Å². The van der Waals surface area contributed by atoms with Crippen molar-refractivity contribution < 1.29 is 9.53 Å². The molecule has 0 N–H and O–H groups in total. The van der Waals surface area contributed by atoms with E-state index < -0.39 is 5.97 Å². The minimum atomic E-state index is -0.444. The van der Waals surface area contributed by atoms with E-state index in [2.05, 4.69) is 19.6 Å². The Labute approximate surface area is 114 Å². The number of methoxy groups -OCH3 is 1. The number of aromatic nitrogens is 2. The van der Waals surface area contributed by atoms with E-state index in [0.29, 0.717) is 0 Å². The molecule has 1 aromatic heterocycles. The molecule has 0 unspecified atom stereocenters. The standard InChI is InChI=1S/C14H21N3O2/c1-17(10-11-6-4-3-5-7-11)13-9-15-8-12(16-13)14(18)19-2/h8-9,11H,3-7,10H2,1-2H3. The number of hydrogen-bond donors (Lipinski definition) is 0. The number of nitrogens with zero attached hydrogens (tertiary/aromatic N) is 3. The molecule has 0 spiro atoms. The zero-order valence-corrected chi connectivity index (χ0v) is 11.6. The molecule has 0 atom stereocenters. The van der Waals surface area contributed by atoms with Crippen LogP contribution in [-0.4, -0.2) is 36.6 Å². The molecule has 0 saturated heterocycles. The van der Waals surface area contributed by atoms with Crippen molar-refractivity contribution in [3.63, 3.8) is 0 Å². The number of carbonyl (C=O) groups excluding carboxylic acids is 1. The Morgan fingerprint density at radius 2 is 2.11 bits per heavy atom. The van der Waals surface area contributed by atoms with Crippen molar-refractivity contribution in [2.45, 2.75) is 32.1 Å².